The number of phosphoric acid groups is 2. The lowest BCUT2D eigenvalue weighted by Gasteiger charge is -2.21. The van der Waals surface area contributed by atoms with E-state index in [4.69, 9.17) is 37.0 Å². The molecule has 0 aliphatic carbocycles. The third-order valence-electron chi connectivity index (χ3n) is 17.7. The van der Waals surface area contributed by atoms with Gasteiger partial charge in [-0.1, -0.05) is 324 Å². The van der Waals surface area contributed by atoms with Crippen molar-refractivity contribution in [3.63, 3.8) is 0 Å². The Morgan fingerprint density at radius 1 is 0.304 bits per heavy atom. The highest BCUT2D eigenvalue weighted by Crippen LogP contribution is 2.45. The minimum atomic E-state index is -4.95. The summed E-state index contributed by atoms with van der Waals surface area (Å²) in [4.78, 5) is 72.7. The lowest BCUT2D eigenvalue weighted by Crippen LogP contribution is -2.30. The van der Waals surface area contributed by atoms with Crippen molar-refractivity contribution >= 4 is 39.5 Å². The first-order chi connectivity index (χ1) is 44.4. The van der Waals surface area contributed by atoms with E-state index in [0.717, 1.165) is 102 Å². The largest absolute Gasteiger partial charge is 0.472 e. The van der Waals surface area contributed by atoms with Crippen LogP contribution in [0.25, 0.3) is 0 Å². The van der Waals surface area contributed by atoms with Crippen molar-refractivity contribution in [2.24, 2.45) is 11.8 Å². The number of hydrogen-bond acceptors (Lipinski definition) is 15. The number of carbonyl (C=O) groups excluding carboxylic acids is 4. The van der Waals surface area contributed by atoms with Gasteiger partial charge in [-0.05, 0) is 37.5 Å². The maximum atomic E-state index is 13.1. The number of rotatable bonds is 72. The fourth-order valence-corrected chi connectivity index (χ4v) is 12.6. The lowest BCUT2D eigenvalue weighted by atomic mass is 9.99. The van der Waals surface area contributed by atoms with Crippen molar-refractivity contribution in [2.45, 2.75) is 394 Å². The van der Waals surface area contributed by atoms with Crippen LogP contribution in [0.3, 0.4) is 0 Å². The zero-order chi connectivity index (χ0) is 67.9. The number of phosphoric ester groups is 2. The quantitative estimate of drug-likeness (QED) is 0.0222. The Hall–Kier alpha value is -1.94. The van der Waals surface area contributed by atoms with Gasteiger partial charge in [0, 0.05) is 25.7 Å². The highest BCUT2D eigenvalue weighted by molar-refractivity contribution is 7.47. The zero-order valence-corrected chi connectivity index (χ0v) is 61.6. The molecule has 0 fully saturated rings. The van der Waals surface area contributed by atoms with E-state index in [-0.39, 0.29) is 25.7 Å². The van der Waals surface area contributed by atoms with E-state index >= 15 is 0 Å². The second-order valence-electron chi connectivity index (χ2n) is 26.8. The molecule has 0 saturated heterocycles. The second kappa shape index (κ2) is 65.0. The van der Waals surface area contributed by atoms with Crippen LogP contribution in [0.15, 0.2) is 0 Å². The van der Waals surface area contributed by atoms with Gasteiger partial charge < -0.3 is 33.8 Å². The number of aliphatic hydroxyl groups is 1. The van der Waals surface area contributed by atoms with Crippen molar-refractivity contribution in [3.8, 4) is 0 Å². The molecule has 0 heterocycles. The molecule has 0 aliphatic rings. The van der Waals surface area contributed by atoms with E-state index in [1.807, 2.05) is 0 Å². The third-order valence-corrected chi connectivity index (χ3v) is 19.6. The molecular weight excluding hydrogens is 1210 g/mol. The van der Waals surface area contributed by atoms with E-state index in [0.29, 0.717) is 25.7 Å². The number of ether oxygens (including phenoxy) is 4. The Morgan fingerprint density at radius 2 is 0.522 bits per heavy atom. The van der Waals surface area contributed by atoms with Crippen LogP contribution in [-0.2, 0) is 65.4 Å². The Morgan fingerprint density at radius 3 is 0.772 bits per heavy atom. The second-order valence-corrected chi connectivity index (χ2v) is 29.7. The van der Waals surface area contributed by atoms with Gasteiger partial charge in [0.25, 0.3) is 0 Å². The summed E-state index contributed by atoms with van der Waals surface area (Å²) >= 11 is 0. The molecule has 0 saturated carbocycles. The molecule has 0 spiro atoms. The van der Waals surface area contributed by atoms with Crippen molar-refractivity contribution in [2.75, 3.05) is 39.6 Å². The number of unbranched alkanes of at least 4 members (excludes halogenated alkanes) is 40. The lowest BCUT2D eigenvalue weighted by molar-refractivity contribution is -0.161. The van der Waals surface area contributed by atoms with Crippen LogP contribution < -0.4 is 0 Å². The molecule has 4 unspecified atom stereocenters. The highest BCUT2D eigenvalue weighted by Gasteiger charge is 2.30. The molecule has 92 heavy (non-hydrogen) atoms. The van der Waals surface area contributed by atoms with Crippen LogP contribution >= 0.6 is 15.6 Å². The van der Waals surface area contributed by atoms with Gasteiger partial charge in [-0.15, -0.1) is 0 Å². The summed E-state index contributed by atoms with van der Waals surface area (Å²) in [6, 6.07) is 0. The van der Waals surface area contributed by atoms with Gasteiger partial charge >= 0.3 is 39.5 Å². The van der Waals surface area contributed by atoms with Crippen molar-refractivity contribution in [3.05, 3.63) is 0 Å². The molecule has 0 aromatic carbocycles. The molecule has 0 bridgehead atoms. The summed E-state index contributed by atoms with van der Waals surface area (Å²) in [6.45, 7) is 9.59. The summed E-state index contributed by atoms with van der Waals surface area (Å²) < 4.78 is 68.4. The number of hydrogen-bond donors (Lipinski definition) is 3. The zero-order valence-electron chi connectivity index (χ0n) is 59.9. The molecule has 0 amide bonds. The predicted octanol–water partition coefficient (Wildman–Crippen LogP) is 21.2. The third kappa shape index (κ3) is 64.1. The molecule has 546 valence electrons. The van der Waals surface area contributed by atoms with Crippen LogP contribution in [0.4, 0.5) is 0 Å². The van der Waals surface area contributed by atoms with E-state index < -0.39 is 97.5 Å². The molecule has 19 heteroatoms. The first-order valence-corrected chi connectivity index (χ1v) is 41.1. The topological polar surface area (TPSA) is 237 Å². The maximum absolute atomic E-state index is 13.1. The van der Waals surface area contributed by atoms with Gasteiger partial charge in [0.1, 0.15) is 19.3 Å². The summed E-state index contributed by atoms with van der Waals surface area (Å²) in [5.74, 6) is -0.541. The molecule has 0 aliphatic heterocycles. The molecule has 3 N–H and O–H groups in total. The van der Waals surface area contributed by atoms with Crippen molar-refractivity contribution in [1.82, 2.24) is 0 Å². The maximum Gasteiger partial charge on any atom is 0.472 e. The molecule has 0 aromatic rings. The first-order valence-electron chi connectivity index (χ1n) is 38.1. The van der Waals surface area contributed by atoms with Gasteiger partial charge in [0.05, 0.1) is 26.4 Å². The standard InChI is InChI=1S/C73H142O17P2/c1-7-11-13-15-17-19-21-22-23-24-25-26-32-39-45-51-57-72(77)89-68(61-84-71(76)56-50-44-38-31-28-27-29-35-41-47-53-65(5)9-3)63-87-91(79,80)85-59-67(74)60-86-92(81,82)88-64-69(62-83-70(75)55-49-43-37-30-20-18-16-14-12-8-2)90-73(78)58-52-46-40-34-33-36-42-48-54-66(6)10-4/h65-69,74H,7-64H2,1-6H3,(H,79,80)(H,81,82)/t65?,66?,67-,68-,69-/m1/s1. The molecule has 0 rings (SSSR count). The Labute approximate surface area is 562 Å². The monoisotopic (exact) mass is 1350 g/mol. The van der Waals surface area contributed by atoms with Gasteiger partial charge in [-0.2, -0.15) is 0 Å². The molecule has 17 nitrogen and oxygen atoms in total. The van der Waals surface area contributed by atoms with E-state index in [1.165, 1.54) is 193 Å². The Kier molecular flexibility index (Phi) is 63.7. The minimum Gasteiger partial charge on any atom is -0.462 e. The van der Waals surface area contributed by atoms with Crippen LogP contribution in [0.5, 0.6) is 0 Å². The molecule has 0 aromatic heterocycles. The number of aliphatic hydroxyl groups excluding tert-OH is 1. The summed E-state index contributed by atoms with van der Waals surface area (Å²) in [5, 5.41) is 10.6. The summed E-state index contributed by atoms with van der Waals surface area (Å²) in [6.07, 6.45) is 51.1. The van der Waals surface area contributed by atoms with Gasteiger partial charge in [-0.3, -0.25) is 37.3 Å². The van der Waals surface area contributed by atoms with Crippen LogP contribution in [0.1, 0.15) is 375 Å². The van der Waals surface area contributed by atoms with E-state index in [2.05, 4.69) is 41.5 Å². The summed E-state index contributed by atoms with van der Waals surface area (Å²) in [5.41, 5.74) is 0. The normalized spacial score (nSPS) is 14.7. The number of esters is 4. The average molecular weight is 1350 g/mol. The van der Waals surface area contributed by atoms with E-state index in [9.17, 15) is 43.2 Å². The minimum absolute atomic E-state index is 0.105. The van der Waals surface area contributed by atoms with E-state index in [1.54, 1.807) is 0 Å². The highest BCUT2D eigenvalue weighted by atomic mass is 31.2. The van der Waals surface area contributed by atoms with Gasteiger partial charge in [0.15, 0.2) is 12.2 Å². The Balaban J connectivity index is 5.26. The predicted molar refractivity (Wildman–Crippen MR) is 372 cm³/mol. The van der Waals surface area contributed by atoms with Crippen LogP contribution in [-0.4, -0.2) is 96.7 Å². The average Bonchev–Trinajstić information content (AvgIpc) is 1.59. The van der Waals surface area contributed by atoms with Crippen LogP contribution in [0.2, 0.25) is 0 Å². The fraction of sp³-hybridized carbons (Fsp3) is 0.945. The van der Waals surface area contributed by atoms with Gasteiger partial charge in [-0.25, -0.2) is 9.13 Å². The van der Waals surface area contributed by atoms with Crippen molar-refractivity contribution < 1.29 is 80.2 Å². The Bertz CT molecular complexity index is 1790. The first kappa shape index (κ1) is 90.1. The number of carbonyl (C=O) groups is 4. The fourth-order valence-electron chi connectivity index (χ4n) is 11.1. The smallest absolute Gasteiger partial charge is 0.462 e. The SMILES string of the molecule is CCCCCCCCCCCCCCCCCCC(=O)O[C@H](COC(=O)CCCCCCCCCCCCC(C)CC)COP(=O)(O)OC[C@@H](O)COP(=O)(O)OC[C@@H](COC(=O)CCCCCCCCCCCC)OC(=O)CCCCCCCCCCC(C)CC. The molecule has 0 radical (unpaired) electrons. The van der Waals surface area contributed by atoms with Gasteiger partial charge in [0.2, 0.25) is 0 Å². The molecular formula is C73H142O17P2. The van der Waals surface area contributed by atoms with Crippen LogP contribution in [0, 0.1) is 11.8 Å². The van der Waals surface area contributed by atoms with Crippen molar-refractivity contribution in [1.29, 1.82) is 0 Å². The summed E-state index contributed by atoms with van der Waals surface area (Å²) in [7, 11) is -9.91. The molecule has 7 atom stereocenters.